The molecule has 2 fully saturated rings. The summed E-state index contributed by atoms with van der Waals surface area (Å²) in [5, 5.41) is 5.84. The first-order chi connectivity index (χ1) is 14.4. The van der Waals surface area contributed by atoms with Crippen molar-refractivity contribution >= 4 is 24.8 Å². The van der Waals surface area contributed by atoms with Gasteiger partial charge in [-0.3, -0.25) is 19.3 Å². The van der Waals surface area contributed by atoms with Crippen molar-refractivity contribution in [1.82, 2.24) is 15.5 Å². The SMILES string of the molecule is CNC(=O)C(CCC=O)N(C)C.O=Cc1ccc(OC2CC3(CNC3)C2)cc1C=O. The number of nitrogens with one attached hydrogen (secondary N) is 2. The fraction of sp³-hybridized carbons (Fsp3) is 0.545. The summed E-state index contributed by atoms with van der Waals surface area (Å²) in [6, 6.07) is 4.83. The van der Waals surface area contributed by atoms with Crippen molar-refractivity contribution in [2.45, 2.75) is 37.8 Å². The van der Waals surface area contributed by atoms with E-state index in [2.05, 4.69) is 10.6 Å². The van der Waals surface area contributed by atoms with Crippen LogP contribution in [0.15, 0.2) is 18.2 Å². The van der Waals surface area contributed by atoms with Gasteiger partial charge in [-0.05, 0) is 51.6 Å². The molecule has 30 heavy (non-hydrogen) atoms. The first-order valence-corrected chi connectivity index (χ1v) is 10.1. The Morgan fingerprint density at radius 1 is 1.23 bits per heavy atom. The van der Waals surface area contributed by atoms with Gasteiger partial charge in [-0.1, -0.05) is 0 Å². The molecule has 0 radical (unpaired) electrons. The largest absolute Gasteiger partial charge is 0.490 e. The number of likely N-dealkylation sites (N-methyl/N-ethyl adjacent to an activating group) is 2. The topological polar surface area (TPSA) is 105 Å². The Morgan fingerprint density at radius 2 is 1.90 bits per heavy atom. The number of nitrogens with zero attached hydrogens (tertiary/aromatic N) is 1. The predicted octanol–water partition coefficient (Wildman–Crippen LogP) is 1.08. The van der Waals surface area contributed by atoms with Crippen LogP contribution >= 0.6 is 0 Å². The first kappa shape index (κ1) is 23.7. The van der Waals surface area contributed by atoms with E-state index in [1.165, 1.54) is 0 Å². The number of carbonyl (C=O) groups is 4. The van der Waals surface area contributed by atoms with Gasteiger partial charge in [0.05, 0.1) is 12.1 Å². The zero-order valence-corrected chi connectivity index (χ0v) is 17.8. The Labute approximate surface area is 177 Å². The minimum atomic E-state index is -0.194. The molecule has 1 unspecified atom stereocenters. The molecule has 1 saturated heterocycles. The zero-order chi connectivity index (χ0) is 22.1. The van der Waals surface area contributed by atoms with E-state index in [9.17, 15) is 19.2 Å². The van der Waals surface area contributed by atoms with Crippen LogP contribution in [0.25, 0.3) is 0 Å². The molecule has 1 spiro atoms. The van der Waals surface area contributed by atoms with E-state index in [1.807, 2.05) is 19.0 Å². The third-order valence-corrected chi connectivity index (χ3v) is 5.67. The van der Waals surface area contributed by atoms with Crippen molar-refractivity contribution in [3.05, 3.63) is 29.3 Å². The van der Waals surface area contributed by atoms with Crippen LogP contribution in [0, 0.1) is 5.41 Å². The van der Waals surface area contributed by atoms with Crippen molar-refractivity contribution in [3.8, 4) is 5.75 Å². The number of ether oxygens (including phenoxy) is 1. The lowest BCUT2D eigenvalue weighted by molar-refractivity contribution is -0.125. The Bertz CT molecular complexity index is 753. The van der Waals surface area contributed by atoms with Crippen molar-refractivity contribution in [3.63, 3.8) is 0 Å². The summed E-state index contributed by atoms with van der Waals surface area (Å²) in [6.07, 6.45) is 5.61. The molecule has 1 aromatic carbocycles. The molecular weight excluding hydrogens is 386 g/mol. The minimum Gasteiger partial charge on any atom is -0.490 e. The maximum atomic E-state index is 11.2. The predicted molar refractivity (Wildman–Crippen MR) is 113 cm³/mol. The van der Waals surface area contributed by atoms with Crippen molar-refractivity contribution in [2.24, 2.45) is 5.41 Å². The van der Waals surface area contributed by atoms with Gasteiger partial charge in [0.2, 0.25) is 5.91 Å². The van der Waals surface area contributed by atoms with E-state index >= 15 is 0 Å². The second kappa shape index (κ2) is 11.0. The summed E-state index contributed by atoms with van der Waals surface area (Å²) < 4.78 is 5.82. The van der Waals surface area contributed by atoms with Crippen molar-refractivity contribution in [2.75, 3.05) is 34.2 Å². The Hall–Kier alpha value is -2.58. The molecule has 3 rings (SSSR count). The third-order valence-electron chi connectivity index (χ3n) is 5.67. The summed E-state index contributed by atoms with van der Waals surface area (Å²) in [6.45, 7) is 2.19. The fourth-order valence-electron chi connectivity index (χ4n) is 3.80. The monoisotopic (exact) mass is 417 g/mol. The molecule has 2 N–H and O–H groups in total. The van der Waals surface area contributed by atoms with Gasteiger partial charge in [0.1, 0.15) is 12.0 Å². The van der Waals surface area contributed by atoms with E-state index in [4.69, 9.17) is 4.74 Å². The molecule has 1 atom stereocenters. The second-order valence-electron chi connectivity index (χ2n) is 8.12. The average Bonchev–Trinajstić information content (AvgIpc) is 2.69. The first-order valence-electron chi connectivity index (χ1n) is 10.1. The summed E-state index contributed by atoms with van der Waals surface area (Å²) in [4.78, 5) is 44.6. The minimum absolute atomic E-state index is 0.0400. The number of rotatable bonds is 9. The number of benzene rings is 1. The van der Waals surface area contributed by atoms with Gasteiger partial charge in [0, 0.05) is 43.1 Å². The fourth-order valence-corrected chi connectivity index (χ4v) is 3.80. The average molecular weight is 418 g/mol. The molecule has 8 heteroatoms. The van der Waals surface area contributed by atoms with Crippen LogP contribution in [-0.2, 0) is 9.59 Å². The van der Waals surface area contributed by atoms with Crippen LogP contribution < -0.4 is 15.4 Å². The van der Waals surface area contributed by atoms with Crippen LogP contribution in [0.2, 0.25) is 0 Å². The molecule has 1 aliphatic heterocycles. The maximum absolute atomic E-state index is 11.2. The summed E-state index contributed by atoms with van der Waals surface area (Å²) in [5.74, 6) is 0.636. The normalized spacial score (nSPS) is 17.6. The molecule has 1 aliphatic carbocycles. The lowest BCUT2D eigenvalue weighted by atomic mass is 9.63. The van der Waals surface area contributed by atoms with E-state index < -0.39 is 0 Å². The summed E-state index contributed by atoms with van der Waals surface area (Å²) >= 11 is 0. The molecule has 0 aromatic heterocycles. The number of amides is 1. The Kier molecular flexibility index (Phi) is 8.68. The Balaban J connectivity index is 0.000000235. The second-order valence-corrected chi connectivity index (χ2v) is 8.12. The number of hydrogen-bond donors (Lipinski definition) is 2. The van der Waals surface area contributed by atoms with Crippen LogP contribution in [0.4, 0.5) is 0 Å². The lowest BCUT2D eigenvalue weighted by Gasteiger charge is -2.53. The third kappa shape index (κ3) is 5.96. The van der Waals surface area contributed by atoms with Gasteiger partial charge in [0.15, 0.2) is 12.6 Å². The van der Waals surface area contributed by atoms with Crippen molar-refractivity contribution in [1.29, 1.82) is 0 Å². The molecule has 1 amide bonds. The Morgan fingerprint density at radius 3 is 2.37 bits per heavy atom. The molecule has 1 saturated carbocycles. The van der Waals surface area contributed by atoms with Gasteiger partial charge in [-0.15, -0.1) is 0 Å². The van der Waals surface area contributed by atoms with Crippen LogP contribution in [0.1, 0.15) is 46.4 Å². The number of hydrogen-bond acceptors (Lipinski definition) is 7. The van der Waals surface area contributed by atoms with Gasteiger partial charge < -0.3 is 20.2 Å². The highest BCUT2D eigenvalue weighted by Gasteiger charge is 2.49. The van der Waals surface area contributed by atoms with Crippen LogP contribution in [0.5, 0.6) is 5.75 Å². The summed E-state index contributed by atoms with van der Waals surface area (Å²) in [5.41, 5.74) is 1.27. The highest BCUT2D eigenvalue weighted by Crippen LogP contribution is 2.45. The number of carbonyl (C=O) groups excluding carboxylic acids is 4. The van der Waals surface area contributed by atoms with E-state index in [0.717, 1.165) is 32.2 Å². The maximum Gasteiger partial charge on any atom is 0.237 e. The van der Waals surface area contributed by atoms with Gasteiger partial charge in [-0.2, -0.15) is 0 Å². The molecule has 1 aromatic rings. The highest BCUT2D eigenvalue weighted by molar-refractivity contribution is 5.90. The molecular formula is C22H31N3O5. The highest BCUT2D eigenvalue weighted by atomic mass is 16.5. The molecule has 1 heterocycles. The quantitative estimate of drug-likeness (QED) is 0.580. The van der Waals surface area contributed by atoms with Crippen molar-refractivity contribution < 1.29 is 23.9 Å². The number of aldehydes is 3. The van der Waals surface area contributed by atoms with E-state index in [1.54, 1.807) is 25.2 Å². The zero-order valence-electron chi connectivity index (χ0n) is 17.8. The lowest BCUT2D eigenvalue weighted by Crippen LogP contribution is -2.62. The van der Waals surface area contributed by atoms with Gasteiger partial charge in [-0.25, -0.2) is 0 Å². The molecule has 164 valence electrons. The van der Waals surface area contributed by atoms with Crippen LogP contribution in [0.3, 0.4) is 0 Å². The van der Waals surface area contributed by atoms with Gasteiger partial charge >= 0.3 is 0 Å². The van der Waals surface area contributed by atoms with E-state index in [0.29, 0.717) is 47.7 Å². The van der Waals surface area contributed by atoms with Crippen LogP contribution in [-0.4, -0.2) is 76.0 Å². The van der Waals surface area contributed by atoms with Gasteiger partial charge in [0.25, 0.3) is 0 Å². The smallest absolute Gasteiger partial charge is 0.237 e. The molecule has 8 nitrogen and oxygen atoms in total. The molecule has 2 aliphatic rings. The van der Waals surface area contributed by atoms with E-state index in [-0.39, 0.29) is 18.1 Å². The summed E-state index contributed by atoms with van der Waals surface area (Å²) in [7, 11) is 5.25. The standard InChI is InChI=1S/C14H15NO3.C8H16N2O2/c16-6-10-1-2-12(3-11(10)7-17)18-13-4-14(5-13)8-15-9-14;1-9-8(12)7(10(2)3)5-4-6-11/h1-3,6-7,13,15H,4-5,8-9H2;6-7H,4-5H2,1-3H3,(H,9,12). The molecule has 0 bridgehead atoms.